The van der Waals surface area contributed by atoms with Gasteiger partial charge in [0.2, 0.25) is 0 Å². The van der Waals surface area contributed by atoms with Crippen LogP contribution in [0.2, 0.25) is 0 Å². The Bertz CT molecular complexity index is 622. The molecule has 24 heavy (non-hydrogen) atoms. The van der Waals surface area contributed by atoms with E-state index >= 15 is 0 Å². The third kappa shape index (κ3) is 4.70. The minimum absolute atomic E-state index is 0.0314. The van der Waals surface area contributed by atoms with Crippen LogP contribution in [0.3, 0.4) is 0 Å². The van der Waals surface area contributed by atoms with Crippen molar-refractivity contribution in [2.24, 2.45) is 5.92 Å². The molecule has 4 nitrogen and oxygen atoms in total. The number of fused-ring (bicyclic) bond motifs is 1. The second kappa shape index (κ2) is 8.13. The van der Waals surface area contributed by atoms with E-state index in [0.29, 0.717) is 24.0 Å². The zero-order chi connectivity index (χ0) is 17.7. The number of allylic oxidation sites excluding steroid dienone is 4. The van der Waals surface area contributed by atoms with Gasteiger partial charge in [-0.05, 0) is 58.4 Å². The SMILES string of the molecule is C=C1C(=O)O[C@H]2/C=C(/C)CC/C=C(\C(=O)O)CC/C=C(\C)CC[C@H]12. The predicted molar refractivity (Wildman–Crippen MR) is 93.4 cm³/mol. The molecule has 130 valence electrons. The van der Waals surface area contributed by atoms with E-state index in [4.69, 9.17) is 4.74 Å². The average molecular weight is 330 g/mol. The quantitative estimate of drug-likeness (QED) is 0.441. The molecular weight excluding hydrogens is 304 g/mol. The van der Waals surface area contributed by atoms with E-state index in [-0.39, 0.29) is 18.0 Å². The minimum atomic E-state index is -0.837. The van der Waals surface area contributed by atoms with E-state index in [2.05, 4.69) is 12.7 Å². The van der Waals surface area contributed by atoms with Gasteiger partial charge in [-0.1, -0.05) is 29.9 Å². The van der Waals surface area contributed by atoms with Crippen molar-refractivity contribution in [1.29, 1.82) is 0 Å². The highest BCUT2D eigenvalue weighted by Crippen LogP contribution is 2.33. The number of carboxylic acid groups (broad SMARTS) is 1. The fourth-order valence-electron chi connectivity index (χ4n) is 3.21. The first-order valence-electron chi connectivity index (χ1n) is 8.53. The molecule has 0 unspecified atom stereocenters. The summed E-state index contributed by atoms with van der Waals surface area (Å²) in [4.78, 5) is 23.2. The zero-order valence-corrected chi connectivity index (χ0v) is 14.5. The second-order valence-corrected chi connectivity index (χ2v) is 6.72. The Morgan fingerprint density at radius 1 is 1.17 bits per heavy atom. The Balaban J connectivity index is 2.23. The highest BCUT2D eigenvalue weighted by molar-refractivity contribution is 5.91. The average Bonchev–Trinajstić information content (AvgIpc) is 2.77. The molecule has 1 heterocycles. The van der Waals surface area contributed by atoms with Crippen LogP contribution in [0.4, 0.5) is 0 Å². The van der Waals surface area contributed by atoms with Crippen LogP contribution in [0.25, 0.3) is 0 Å². The molecular formula is C20H26O4. The summed E-state index contributed by atoms with van der Waals surface area (Å²) in [7, 11) is 0. The highest BCUT2D eigenvalue weighted by Gasteiger charge is 2.36. The number of hydrogen-bond acceptors (Lipinski definition) is 3. The Kier molecular flexibility index (Phi) is 6.18. The fraction of sp³-hybridized carbons (Fsp3) is 0.500. The van der Waals surface area contributed by atoms with Crippen molar-refractivity contribution >= 4 is 11.9 Å². The Labute approximate surface area is 143 Å². The number of esters is 1. The van der Waals surface area contributed by atoms with Crippen molar-refractivity contribution < 1.29 is 19.4 Å². The van der Waals surface area contributed by atoms with E-state index in [9.17, 15) is 14.7 Å². The van der Waals surface area contributed by atoms with Crippen LogP contribution in [-0.2, 0) is 14.3 Å². The molecule has 0 bridgehead atoms. The number of ether oxygens (including phenoxy) is 1. The molecule has 0 aromatic heterocycles. The molecule has 1 fully saturated rings. The summed E-state index contributed by atoms with van der Waals surface area (Å²) < 4.78 is 5.46. The van der Waals surface area contributed by atoms with Crippen LogP contribution < -0.4 is 0 Å². The second-order valence-electron chi connectivity index (χ2n) is 6.72. The molecule has 1 aliphatic carbocycles. The van der Waals surface area contributed by atoms with Gasteiger partial charge in [-0.3, -0.25) is 0 Å². The van der Waals surface area contributed by atoms with Crippen molar-refractivity contribution in [3.63, 3.8) is 0 Å². The summed E-state index contributed by atoms with van der Waals surface area (Å²) in [5, 5.41) is 9.29. The Hall–Kier alpha value is -2.10. The third-order valence-corrected chi connectivity index (χ3v) is 4.76. The lowest BCUT2D eigenvalue weighted by Gasteiger charge is -2.16. The summed E-state index contributed by atoms with van der Waals surface area (Å²) in [6.07, 6.45) is 10.1. The molecule has 1 aliphatic heterocycles. The molecule has 0 saturated carbocycles. The van der Waals surface area contributed by atoms with Gasteiger partial charge in [0.05, 0.1) is 0 Å². The topological polar surface area (TPSA) is 63.6 Å². The maximum atomic E-state index is 11.8. The van der Waals surface area contributed by atoms with Gasteiger partial charge in [0.15, 0.2) is 0 Å². The minimum Gasteiger partial charge on any atom is -0.478 e. The van der Waals surface area contributed by atoms with Crippen LogP contribution in [0.1, 0.15) is 52.4 Å². The first kappa shape index (κ1) is 18.2. The molecule has 2 atom stereocenters. The largest absolute Gasteiger partial charge is 0.478 e. The monoisotopic (exact) mass is 330 g/mol. The standard InChI is InChI=1S/C20H26O4/c1-13-6-4-8-16(19(21)22)9-5-7-14(2)12-18-17(11-10-13)15(3)20(23)24-18/h6,9,12,17-18H,3-5,7-8,10-11H2,1-2H3,(H,21,22)/b13-6+,14-12-,16-9-/t17-,18+/m1/s1. The van der Waals surface area contributed by atoms with Crippen molar-refractivity contribution in [1.82, 2.24) is 0 Å². The molecule has 0 radical (unpaired) electrons. The van der Waals surface area contributed by atoms with E-state index in [1.54, 1.807) is 0 Å². The number of carbonyl (C=O) groups is 2. The first-order valence-corrected chi connectivity index (χ1v) is 8.53. The smallest absolute Gasteiger partial charge is 0.334 e. The molecule has 0 spiro atoms. The number of aliphatic carboxylic acids is 1. The van der Waals surface area contributed by atoms with Gasteiger partial charge in [0.1, 0.15) is 6.10 Å². The van der Waals surface area contributed by atoms with Gasteiger partial charge in [-0.25, -0.2) is 9.59 Å². The predicted octanol–water partition coefficient (Wildman–Crippen LogP) is 4.34. The first-order chi connectivity index (χ1) is 11.4. The molecule has 2 rings (SSSR count). The molecule has 4 heteroatoms. The van der Waals surface area contributed by atoms with Gasteiger partial charge in [0, 0.05) is 17.1 Å². The van der Waals surface area contributed by atoms with Gasteiger partial charge in [-0.2, -0.15) is 0 Å². The van der Waals surface area contributed by atoms with Gasteiger partial charge in [-0.15, -0.1) is 0 Å². The fourth-order valence-corrected chi connectivity index (χ4v) is 3.21. The summed E-state index contributed by atoms with van der Waals surface area (Å²) >= 11 is 0. The third-order valence-electron chi connectivity index (χ3n) is 4.76. The summed E-state index contributed by atoms with van der Waals surface area (Å²) in [6, 6.07) is 0. The Morgan fingerprint density at radius 3 is 2.58 bits per heavy atom. The van der Waals surface area contributed by atoms with Crippen molar-refractivity contribution in [3.8, 4) is 0 Å². The van der Waals surface area contributed by atoms with Crippen LogP contribution >= 0.6 is 0 Å². The molecule has 0 amide bonds. The van der Waals surface area contributed by atoms with Crippen molar-refractivity contribution in [2.75, 3.05) is 0 Å². The van der Waals surface area contributed by atoms with E-state index in [1.165, 1.54) is 5.57 Å². The summed E-state index contributed by atoms with van der Waals surface area (Å²) in [5.41, 5.74) is 3.36. The van der Waals surface area contributed by atoms with Crippen molar-refractivity contribution in [3.05, 3.63) is 47.1 Å². The lowest BCUT2D eigenvalue weighted by atomic mass is 9.89. The molecule has 2 aliphatic rings. The van der Waals surface area contributed by atoms with Crippen molar-refractivity contribution in [2.45, 2.75) is 58.5 Å². The van der Waals surface area contributed by atoms with E-state index < -0.39 is 5.97 Å². The lowest BCUT2D eigenvalue weighted by Crippen LogP contribution is -2.15. The molecule has 1 saturated heterocycles. The number of carboxylic acids is 1. The Morgan fingerprint density at radius 2 is 1.88 bits per heavy atom. The van der Waals surface area contributed by atoms with E-state index in [1.807, 2.05) is 26.0 Å². The molecule has 0 aromatic rings. The molecule has 0 aromatic carbocycles. The van der Waals surface area contributed by atoms with Gasteiger partial charge in [0.25, 0.3) is 0 Å². The van der Waals surface area contributed by atoms with Crippen LogP contribution in [0.5, 0.6) is 0 Å². The lowest BCUT2D eigenvalue weighted by molar-refractivity contribution is -0.137. The normalized spacial score (nSPS) is 33.0. The van der Waals surface area contributed by atoms with Crippen LogP contribution in [0, 0.1) is 5.92 Å². The number of rotatable bonds is 1. The zero-order valence-electron chi connectivity index (χ0n) is 14.5. The summed E-state index contributed by atoms with van der Waals surface area (Å²) in [5.74, 6) is -1.10. The van der Waals surface area contributed by atoms with Gasteiger partial charge >= 0.3 is 11.9 Å². The van der Waals surface area contributed by atoms with Gasteiger partial charge < -0.3 is 9.84 Å². The van der Waals surface area contributed by atoms with Crippen LogP contribution in [0.15, 0.2) is 47.1 Å². The maximum Gasteiger partial charge on any atom is 0.334 e. The maximum absolute atomic E-state index is 11.8. The number of carbonyl (C=O) groups excluding carboxylic acids is 1. The number of hydrogen-bond donors (Lipinski definition) is 1. The van der Waals surface area contributed by atoms with Crippen LogP contribution in [-0.4, -0.2) is 23.1 Å². The summed E-state index contributed by atoms with van der Waals surface area (Å²) in [6.45, 7) is 7.95. The molecule has 1 N–H and O–H groups in total. The highest BCUT2D eigenvalue weighted by atomic mass is 16.5. The van der Waals surface area contributed by atoms with E-state index in [0.717, 1.165) is 31.3 Å².